The highest BCUT2D eigenvalue weighted by Gasteiger charge is 2.08. The van der Waals surface area contributed by atoms with Crippen LogP contribution < -0.4 is 5.73 Å². The molecule has 3 rings (SSSR count). The first-order valence-electron chi connectivity index (χ1n) is 6.56. The van der Waals surface area contributed by atoms with Gasteiger partial charge in [0.1, 0.15) is 5.82 Å². The number of nitrogens with two attached hydrogens (primary N) is 1. The summed E-state index contributed by atoms with van der Waals surface area (Å²) >= 11 is 0. The van der Waals surface area contributed by atoms with Gasteiger partial charge in [0.05, 0.1) is 17.6 Å². The van der Waals surface area contributed by atoms with Crippen LogP contribution in [-0.2, 0) is 19.5 Å². The van der Waals surface area contributed by atoms with Crippen LogP contribution in [0.5, 0.6) is 0 Å². The number of aryl methyl sites for hydroxylation is 2. The lowest BCUT2D eigenvalue weighted by molar-refractivity contribution is 0.669. The molecule has 0 aliphatic carbocycles. The van der Waals surface area contributed by atoms with E-state index in [2.05, 4.69) is 39.9 Å². The molecular formula is C16H17N3. The van der Waals surface area contributed by atoms with Crippen molar-refractivity contribution in [3.05, 3.63) is 66.0 Å². The number of nitrogens with zero attached hydrogens (tertiary/aromatic N) is 2. The van der Waals surface area contributed by atoms with Gasteiger partial charge in [0.15, 0.2) is 0 Å². The number of imidazole rings is 1. The molecule has 0 aliphatic rings. The third-order valence-corrected chi connectivity index (χ3v) is 3.38. The monoisotopic (exact) mass is 251 g/mol. The van der Waals surface area contributed by atoms with Crippen molar-refractivity contribution in [1.29, 1.82) is 0 Å². The SMILES string of the molecule is NCc1nc2ccccc2n1CCc1ccccc1. The largest absolute Gasteiger partial charge is 0.327 e. The molecule has 19 heavy (non-hydrogen) atoms. The fraction of sp³-hybridized carbons (Fsp3) is 0.188. The molecule has 1 heterocycles. The van der Waals surface area contributed by atoms with Crippen molar-refractivity contribution in [3.8, 4) is 0 Å². The van der Waals surface area contributed by atoms with Crippen LogP contribution in [0.25, 0.3) is 11.0 Å². The van der Waals surface area contributed by atoms with Gasteiger partial charge in [-0.05, 0) is 24.1 Å². The van der Waals surface area contributed by atoms with Gasteiger partial charge in [-0.3, -0.25) is 0 Å². The Morgan fingerprint density at radius 2 is 1.68 bits per heavy atom. The molecule has 0 unspecified atom stereocenters. The van der Waals surface area contributed by atoms with E-state index in [-0.39, 0.29) is 0 Å². The van der Waals surface area contributed by atoms with Crippen molar-refractivity contribution in [2.45, 2.75) is 19.5 Å². The smallest absolute Gasteiger partial charge is 0.123 e. The third-order valence-electron chi connectivity index (χ3n) is 3.38. The normalized spacial score (nSPS) is 11.0. The Bertz CT molecular complexity index is 671. The van der Waals surface area contributed by atoms with Crippen LogP contribution in [0.2, 0.25) is 0 Å². The topological polar surface area (TPSA) is 43.8 Å². The van der Waals surface area contributed by atoms with Crippen LogP contribution in [0.3, 0.4) is 0 Å². The first-order valence-corrected chi connectivity index (χ1v) is 6.56. The standard InChI is InChI=1S/C16H17N3/c17-12-16-18-14-8-4-5-9-15(14)19(16)11-10-13-6-2-1-3-7-13/h1-9H,10-12,17H2. The molecule has 3 aromatic rings. The van der Waals surface area contributed by atoms with Gasteiger partial charge < -0.3 is 10.3 Å². The second-order valence-electron chi connectivity index (χ2n) is 4.61. The molecule has 0 bridgehead atoms. The summed E-state index contributed by atoms with van der Waals surface area (Å²) in [6.45, 7) is 1.39. The lowest BCUT2D eigenvalue weighted by atomic mass is 10.1. The van der Waals surface area contributed by atoms with Crippen LogP contribution in [0, 0.1) is 0 Å². The van der Waals surface area contributed by atoms with Crippen LogP contribution in [-0.4, -0.2) is 9.55 Å². The summed E-state index contributed by atoms with van der Waals surface area (Å²) in [5.41, 5.74) is 9.33. The molecule has 2 aromatic carbocycles. The van der Waals surface area contributed by atoms with Gasteiger partial charge >= 0.3 is 0 Å². The van der Waals surface area contributed by atoms with Crippen molar-refractivity contribution < 1.29 is 0 Å². The van der Waals surface area contributed by atoms with E-state index in [0.29, 0.717) is 6.54 Å². The first-order chi connectivity index (χ1) is 9.38. The molecule has 0 radical (unpaired) electrons. The summed E-state index contributed by atoms with van der Waals surface area (Å²) in [6.07, 6.45) is 0.994. The number of para-hydroxylation sites is 2. The van der Waals surface area contributed by atoms with Crippen LogP contribution >= 0.6 is 0 Å². The molecule has 0 spiro atoms. The van der Waals surface area contributed by atoms with Gasteiger partial charge in [-0.25, -0.2) is 4.98 Å². The van der Waals surface area contributed by atoms with Crippen molar-refractivity contribution in [2.24, 2.45) is 5.73 Å². The first kappa shape index (κ1) is 11.9. The predicted molar refractivity (Wildman–Crippen MR) is 77.8 cm³/mol. The van der Waals surface area contributed by atoms with Crippen molar-refractivity contribution in [3.63, 3.8) is 0 Å². The maximum absolute atomic E-state index is 5.80. The number of hydrogen-bond donors (Lipinski definition) is 1. The number of rotatable bonds is 4. The number of benzene rings is 2. The highest BCUT2D eigenvalue weighted by Crippen LogP contribution is 2.16. The van der Waals surface area contributed by atoms with Crippen LogP contribution in [0.15, 0.2) is 54.6 Å². The molecule has 0 saturated heterocycles. The van der Waals surface area contributed by atoms with Crippen molar-refractivity contribution in [1.82, 2.24) is 9.55 Å². The zero-order valence-corrected chi connectivity index (χ0v) is 10.8. The average Bonchev–Trinajstić information content (AvgIpc) is 2.84. The fourth-order valence-corrected chi connectivity index (χ4v) is 2.42. The summed E-state index contributed by atoms with van der Waals surface area (Å²) < 4.78 is 2.22. The maximum Gasteiger partial charge on any atom is 0.123 e. The minimum atomic E-state index is 0.476. The molecule has 0 fully saturated rings. The number of hydrogen-bond acceptors (Lipinski definition) is 2. The summed E-state index contributed by atoms with van der Waals surface area (Å²) in [4.78, 5) is 4.58. The van der Waals surface area contributed by atoms with Gasteiger partial charge in [-0.15, -0.1) is 0 Å². The summed E-state index contributed by atoms with van der Waals surface area (Å²) in [5.74, 6) is 0.956. The van der Waals surface area contributed by atoms with Gasteiger partial charge in [0, 0.05) is 6.54 Å². The molecule has 0 saturated carbocycles. The molecule has 96 valence electrons. The summed E-state index contributed by atoms with van der Waals surface area (Å²) in [5, 5.41) is 0. The Labute approximate surface area is 112 Å². The van der Waals surface area contributed by atoms with Gasteiger partial charge in [-0.1, -0.05) is 42.5 Å². The second-order valence-corrected chi connectivity index (χ2v) is 4.61. The fourth-order valence-electron chi connectivity index (χ4n) is 2.42. The molecule has 0 atom stereocenters. The quantitative estimate of drug-likeness (QED) is 0.775. The van der Waals surface area contributed by atoms with E-state index < -0.39 is 0 Å². The Kier molecular flexibility index (Phi) is 3.29. The van der Waals surface area contributed by atoms with Crippen LogP contribution in [0.4, 0.5) is 0 Å². The molecule has 0 aliphatic heterocycles. The molecule has 1 aromatic heterocycles. The molecule has 3 nitrogen and oxygen atoms in total. The predicted octanol–water partition coefficient (Wildman–Crippen LogP) is 2.74. The third kappa shape index (κ3) is 2.37. The highest BCUT2D eigenvalue weighted by atomic mass is 15.1. The zero-order chi connectivity index (χ0) is 13.1. The van der Waals surface area contributed by atoms with Gasteiger partial charge in [0.2, 0.25) is 0 Å². The van der Waals surface area contributed by atoms with Gasteiger partial charge in [-0.2, -0.15) is 0 Å². The number of aromatic nitrogens is 2. The Balaban J connectivity index is 1.91. The van der Waals surface area contributed by atoms with E-state index in [1.807, 2.05) is 24.3 Å². The summed E-state index contributed by atoms with van der Waals surface area (Å²) in [6, 6.07) is 18.7. The van der Waals surface area contributed by atoms with Crippen LogP contribution in [0.1, 0.15) is 11.4 Å². The highest BCUT2D eigenvalue weighted by molar-refractivity contribution is 5.75. The van der Waals surface area contributed by atoms with E-state index in [1.165, 1.54) is 11.1 Å². The average molecular weight is 251 g/mol. The molecular weight excluding hydrogens is 234 g/mol. The molecule has 2 N–H and O–H groups in total. The lowest BCUT2D eigenvalue weighted by Gasteiger charge is -2.08. The Hall–Kier alpha value is -2.13. The minimum Gasteiger partial charge on any atom is -0.327 e. The lowest BCUT2D eigenvalue weighted by Crippen LogP contribution is -2.10. The zero-order valence-electron chi connectivity index (χ0n) is 10.8. The van der Waals surface area contributed by atoms with Gasteiger partial charge in [0.25, 0.3) is 0 Å². The summed E-state index contributed by atoms with van der Waals surface area (Å²) in [7, 11) is 0. The van der Waals surface area contributed by atoms with E-state index in [9.17, 15) is 0 Å². The van der Waals surface area contributed by atoms with E-state index >= 15 is 0 Å². The Morgan fingerprint density at radius 3 is 2.47 bits per heavy atom. The van der Waals surface area contributed by atoms with E-state index in [0.717, 1.165) is 24.3 Å². The van der Waals surface area contributed by atoms with E-state index in [1.54, 1.807) is 0 Å². The second kappa shape index (κ2) is 5.24. The Morgan fingerprint density at radius 1 is 0.947 bits per heavy atom. The minimum absolute atomic E-state index is 0.476. The molecule has 3 heteroatoms. The molecule has 0 amide bonds. The van der Waals surface area contributed by atoms with E-state index in [4.69, 9.17) is 5.73 Å². The maximum atomic E-state index is 5.80. The van der Waals surface area contributed by atoms with Crippen molar-refractivity contribution in [2.75, 3.05) is 0 Å². The van der Waals surface area contributed by atoms with Crippen molar-refractivity contribution >= 4 is 11.0 Å². The number of fused-ring (bicyclic) bond motifs is 1.